The molecular weight excluding hydrogens is 459 g/mol. The fourth-order valence-corrected chi connectivity index (χ4v) is 3.42. The van der Waals surface area contributed by atoms with E-state index in [1.54, 1.807) is 62.6 Å². The van der Waals surface area contributed by atoms with Crippen molar-refractivity contribution in [2.45, 2.75) is 26.1 Å². The summed E-state index contributed by atoms with van der Waals surface area (Å²) in [6, 6.07) is 19.1. The fraction of sp³-hybridized carbons (Fsp3) is 0.231. The number of para-hydroxylation sites is 1. The summed E-state index contributed by atoms with van der Waals surface area (Å²) in [5.41, 5.74) is 1.57. The second kappa shape index (κ2) is 12.0. The first-order valence-corrected chi connectivity index (χ1v) is 11.1. The highest BCUT2D eigenvalue weighted by atomic mass is 35.5. The van der Waals surface area contributed by atoms with Crippen LogP contribution < -0.4 is 14.8 Å². The van der Waals surface area contributed by atoms with Gasteiger partial charge in [0.25, 0.3) is 5.91 Å². The van der Waals surface area contributed by atoms with Gasteiger partial charge in [0.05, 0.1) is 12.1 Å². The minimum Gasteiger partial charge on any atom is -0.497 e. The highest BCUT2D eigenvalue weighted by Crippen LogP contribution is 2.23. The molecule has 0 spiro atoms. The number of rotatable bonds is 10. The van der Waals surface area contributed by atoms with Gasteiger partial charge in [0.2, 0.25) is 5.91 Å². The van der Waals surface area contributed by atoms with Gasteiger partial charge in [0.15, 0.2) is 6.61 Å². The molecule has 0 radical (unpaired) electrons. The number of nitrogens with zero attached hydrogens (tertiary/aromatic N) is 1. The maximum Gasteiger partial charge on any atom is 0.261 e. The molecule has 0 aliphatic rings. The number of ether oxygens (including phenoxy) is 2. The van der Waals surface area contributed by atoms with Crippen LogP contribution in [-0.4, -0.2) is 36.5 Å². The Hall–Kier alpha value is -3.58. The van der Waals surface area contributed by atoms with Gasteiger partial charge in [-0.1, -0.05) is 48.0 Å². The number of methoxy groups -OCH3 is 1. The van der Waals surface area contributed by atoms with Gasteiger partial charge < -0.3 is 19.7 Å². The Morgan fingerprint density at radius 1 is 1.00 bits per heavy atom. The molecule has 3 rings (SSSR count). The largest absolute Gasteiger partial charge is 0.497 e. The number of halogens is 2. The van der Waals surface area contributed by atoms with E-state index in [4.69, 9.17) is 21.1 Å². The predicted octanol–water partition coefficient (Wildman–Crippen LogP) is 4.60. The van der Waals surface area contributed by atoms with E-state index in [0.717, 1.165) is 11.3 Å². The van der Waals surface area contributed by atoms with Crippen LogP contribution in [0.25, 0.3) is 0 Å². The molecule has 0 aromatic heterocycles. The number of benzene rings is 3. The van der Waals surface area contributed by atoms with Gasteiger partial charge in [-0.3, -0.25) is 9.59 Å². The molecule has 178 valence electrons. The van der Waals surface area contributed by atoms with Crippen LogP contribution in [-0.2, 0) is 22.7 Å². The summed E-state index contributed by atoms with van der Waals surface area (Å²) < 4.78 is 24.1. The Kier molecular flexibility index (Phi) is 8.87. The molecule has 0 saturated carbocycles. The maximum atomic E-state index is 13.3. The van der Waals surface area contributed by atoms with E-state index < -0.39 is 11.9 Å². The van der Waals surface area contributed by atoms with Crippen LogP contribution in [0.4, 0.5) is 4.39 Å². The minimum absolute atomic E-state index is 0.113. The fourth-order valence-electron chi connectivity index (χ4n) is 3.23. The van der Waals surface area contributed by atoms with Gasteiger partial charge in [-0.05, 0) is 54.4 Å². The van der Waals surface area contributed by atoms with Crippen LogP contribution in [0.5, 0.6) is 11.5 Å². The lowest BCUT2D eigenvalue weighted by Gasteiger charge is -2.29. The summed E-state index contributed by atoms with van der Waals surface area (Å²) in [7, 11) is 1.58. The van der Waals surface area contributed by atoms with Gasteiger partial charge in [0, 0.05) is 13.1 Å². The summed E-state index contributed by atoms with van der Waals surface area (Å²) in [6.07, 6.45) is 0. The third-order valence-electron chi connectivity index (χ3n) is 5.25. The zero-order valence-corrected chi connectivity index (χ0v) is 19.7. The van der Waals surface area contributed by atoms with E-state index in [2.05, 4.69) is 5.32 Å². The van der Waals surface area contributed by atoms with Crippen molar-refractivity contribution in [3.05, 3.63) is 94.8 Å². The molecule has 3 aromatic carbocycles. The molecular formula is C26H26ClFN2O4. The molecule has 0 saturated heterocycles. The molecule has 0 heterocycles. The topological polar surface area (TPSA) is 67.9 Å². The lowest BCUT2D eigenvalue weighted by Crippen LogP contribution is -2.48. The number of hydrogen-bond donors (Lipinski definition) is 1. The number of nitrogens with one attached hydrogen (secondary N) is 1. The smallest absolute Gasteiger partial charge is 0.261 e. The first-order valence-electron chi connectivity index (χ1n) is 10.7. The standard InChI is InChI=1S/C26H26ClFN2O4/c1-18(26(32)29-15-19-9-13-22(33-2)14-10-19)30(16-20-7-11-21(28)12-8-20)25(31)17-34-24-6-4-3-5-23(24)27/h3-14,18H,15-17H2,1-2H3,(H,29,32)/t18-/m1/s1. The Labute approximate surface area is 203 Å². The summed E-state index contributed by atoms with van der Waals surface area (Å²) in [5, 5.41) is 3.23. The first kappa shape index (κ1) is 25.1. The Balaban J connectivity index is 1.69. The minimum atomic E-state index is -0.800. The van der Waals surface area contributed by atoms with E-state index in [0.29, 0.717) is 22.9 Å². The molecule has 1 atom stereocenters. The van der Waals surface area contributed by atoms with E-state index in [1.165, 1.54) is 17.0 Å². The molecule has 0 fully saturated rings. The Bertz CT molecular complexity index is 1110. The van der Waals surface area contributed by atoms with Crippen molar-refractivity contribution in [2.75, 3.05) is 13.7 Å². The molecule has 3 aromatic rings. The monoisotopic (exact) mass is 484 g/mol. The summed E-state index contributed by atoms with van der Waals surface area (Å²) in [6.45, 7) is 1.74. The van der Waals surface area contributed by atoms with Gasteiger partial charge in [-0.25, -0.2) is 4.39 Å². The van der Waals surface area contributed by atoms with Crippen molar-refractivity contribution in [3.8, 4) is 11.5 Å². The molecule has 2 amide bonds. The number of hydrogen-bond acceptors (Lipinski definition) is 4. The summed E-state index contributed by atoms with van der Waals surface area (Å²) >= 11 is 6.11. The predicted molar refractivity (Wildman–Crippen MR) is 128 cm³/mol. The zero-order valence-electron chi connectivity index (χ0n) is 19.0. The van der Waals surface area contributed by atoms with Crippen LogP contribution in [0, 0.1) is 5.82 Å². The van der Waals surface area contributed by atoms with Gasteiger partial charge in [-0.2, -0.15) is 0 Å². The van der Waals surface area contributed by atoms with E-state index in [1.807, 2.05) is 12.1 Å². The van der Waals surface area contributed by atoms with Crippen LogP contribution in [0.15, 0.2) is 72.8 Å². The Morgan fingerprint density at radius 3 is 2.29 bits per heavy atom. The van der Waals surface area contributed by atoms with Crippen molar-refractivity contribution < 1.29 is 23.5 Å². The molecule has 0 bridgehead atoms. The lowest BCUT2D eigenvalue weighted by molar-refractivity contribution is -0.142. The quantitative estimate of drug-likeness (QED) is 0.456. The van der Waals surface area contributed by atoms with Crippen LogP contribution >= 0.6 is 11.6 Å². The van der Waals surface area contributed by atoms with Crippen LogP contribution in [0.1, 0.15) is 18.1 Å². The SMILES string of the molecule is COc1ccc(CNC(=O)[C@@H](C)N(Cc2ccc(F)cc2)C(=O)COc2ccccc2Cl)cc1. The second-order valence-electron chi connectivity index (χ2n) is 7.61. The van der Waals surface area contributed by atoms with E-state index >= 15 is 0 Å². The number of carbonyl (C=O) groups excluding carboxylic acids is 2. The van der Waals surface area contributed by atoms with Crippen molar-refractivity contribution in [3.63, 3.8) is 0 Å². The van der Waals surface area contributed by atoms with Crippen LogP contribution in [0.2, 0.25) is 5.02 Å². The molecule has 1 N–H and O–H groups in total. The molecule has 0 aliphatic heterocycles. The van der Waals surface area contributed by atoms with Crippen molar-refractivity contribution in [1.29, 1.82) is 0 Å². The summed E-state index contributed by atoms with van der Waals surface area (Å²) in [5.74, 6) is -0.0248. The third kappa shape index (κ3) is 6.96. The van der Waals surface area contributed by atoms with E-state index in [-0.39, 0.29) is 24.9 Å². The van der Waals surface area contributed by atoms with Gasteiger partial charge in [0.1, 0.15) is 23.4 Å². The highest BCUT2D eigenvalue weighted by molar-refractivity contribution is 6.32. The molecule has 34 heavy (non-hydrogen) atoms. The van der Waals surface area contributed by atoms with Gasteiger partial charge >= 0.3 is 0 Å². The van der Waals surface area contributed by atoms with Gasteiger partial charge in [-0.15, -0.1) is 0 Å². The molecule has 0 unspecified atom stereocenters. The average Bonchev–Trinajstić information content (AvgIpc) is 2.86. The molecule has 8 heteroatoms. The third-order valence-corrected chi connectivity index (χ3v) is 5.56. The zero-order chi connectivity index (χ0) is 24.5. The van der Waals surface area contributed by atoms with Crippen LogP contribution in [0.3, 0.4) is 0 Å². The molecule has 6 nitrogen and oxygen atoms in total. The lowest BCUT2D eigenvalue weighted by atomic mass is 10.1. The highest BCUT2D eigenvalue weighted by Gasteiger charge is 2.26. The number of amides is 2. The van der Waals surface area contributed by atoms with Crippen molar-refractivity contribution in [1.82, 2.24) is 10.2 Å². The summed E-state index contributed by atoms with van der Waals surface area (Å²) in [4.78, 5) is 27.4. The maximum absolute atomic E-state index is 13.3. The average molecular weight is 485 g/mol. The normalized spacial score (nSPS) is 11.4. The first-order chi connectivity index (χ1) is 16.4. The second-order valence-corrected chi connectivity index (χ2v) is 8.02. The van der Waals surface area contributed by atoms with E-state index in [9.17, 15) is 14.0 Å². The number of carbonyl (C=O) groups is 2. The molecule has 0 aliphatic carbocycles. The van der Waals surface area contributed by atoms with Crippen molar-refractivity contribution >= 4 is 23.4 Å². The van der Waals surface area contributed by atoms with Crippen molar-refractivity contribution in [2.24, 2.45) is 0 Å². The Morgan fingerprint density at radius 2 is 1.65 bits per heavy atom.